The van der Waals surface area contributed by atoms with Crippen LogP contribution in [0.3, 0.4) is 0 Å². The number of imidazole rings is 1. The van der Waals surface area contributed by atoms with Gasteiger partial charge in [0.15, 0.2) is 5.03 Å². The third-order valence-corrected chi connectivity index (χ3v) is 4.46. The van der Waals surface area contributed by atoms with Crippen molar-refractivity contribution in [2.75, 3.05) is 26.7 Å². The Balaban J connectivity index is 2.23. The molecular formula is C12H20ClN3O3S. The van der Waals surface area contributed by atoms with Crippen LogP contribution in [0.25, 0.3) is 0 Å². The molecule has 1 aromatic heterocycles. The van der Waals surface area contributed by atoms with Gasteiger partial charge in [-0.25, -0.2) is 13.4 Å². The Hall–Kier alpha value is -0.630. The van der Waals surface area contributed by atoms with Gasteiger partial charge in [-0.1, -0.05) is 13.8 Å². The minimum Gasteiger partial charge on any atom is -0.374 e. The minimum atomic E-state index is -3.80. The van der Waals surface area contributed by atoms with Crippen molar-refractivity contribution in [2.45, 2.75) is 37.4 Å². The molecule has 0 aromatic carbocycles. The molecule has 0 bridgehead atoms. The fraction of sp³-hybridized carbons (Fsp3) is 0.750. The normalized spacial score (nSPS) is 21.6. The standard InChI is InChI=1S/C12H20ClN3O3S/c1-9(2)12-14-11(20(13,17)18)8-16(12)7-10-6-15(3)4-5-19-10/h8-10H,4-7H2,1-3H3. The molecule has 1 aromatic rings. The van der Waals surface area contributed by atoms with Crippen LogP contribution in [-0.2, 0) is 20.3 Å². The maximum absolute atomic E-state index is 11.4. The van der Waals surface area contributed by atoms with Crippen molar-refractivity contribution in [3.05, 3.63) is 12.0 Å². The van der Waals surface area contributed by atoms with E-state index in [4.69, 9.17) is 15.4 Å². The van der Waals surface area contributed by atoms with E-state index in [0.717, 1.165) is 13.1 Å². The van der Waals surface area contributed by atoms with Gasteiger partial charge in [0.25, 0.3) is 9.05 Å². The summed E-state index contributed by atoms with van der Waals surface area (Å²) < 4.78 is 30.4. The van der Waals surface area contributed by atoms with E-state index < -0.39 is 9.05 Å². The van der Waals surface area contributed by atoms with Crippen LogP contribution in [0.4, 0.5) is 0 Å². The molecule has 0 amide bonds. The van der Waals surface area contributed by atoms with Crippen LogP contribution in [0, 0.1) is 0 Å². The number of hydrogen-bond donors (Lipinski definition) is 0. The summed E-state index contributed by atoms with van der Waals surface area (Å²) in [4.78, 5) is 6.33. The van der Waals surface area contributed by atoms with Crippen molar-refractivity contribution >= 4 is 19.7 Å². The van der Waals surface area contributed by atoms with E-state index in [1.807, 2.05) is 25.5 Å². The quantitative estimate of drug-likeness (QED) is 0.781. The first-order valence-electron chi connectivity index (χ1n) is 6.59. The third kappa shape index (κ3) is 3.72. The summed E-state index contributed by atoms with van der Waals surface area (Å²) in [6, 6.07) is 0. The summed E-state index contributed by atoms with van der Waals surface area (Å²) in [5.74, 6) is 0.824. The number of halogens is 1. The summed E-state index contributed by atoms with van der Waals surface area (Å²) in [5, 5.41) is -0.0907. The Morgan fingerprint density at radius 1 is 1.55 bits per heavy atom. The highest BCUT2D eigenvalue weighted by Gasteiger charge is 2.23. The number of aromatic nitrogens is 2. The Morgan fingerprint density at radius 2 is 2.25 bits per heavy atom. The zero-order valence-corrected chi connectivity index (χ0v) is 13.5. The van der Waals surface area contributed by atoms with Gasteiger partial charge in [-0.2, -0.15) is 0 Å². The van der Waals surface area contributed by atoms with E-state index in [9.17, 15) is 8.42 Å². The highest BCUT2D eigenvalue weighted by Crippen LogP contribution is 2.21. The van der Waals surface area contributed by atoms with Gasteiger partial charge in [-0.3, -0.25) is 0 Å². The van der Waals surface area contributed by atoms with E-state index in [1.165, 1.54) is 6.20 Å². The van der Waals surface area contributed by atoms with Crippen molar-refractivity contribution in [2.24, 2.45) is 0 Å². The zero-order chi connectivity index (χ0) is 14.9. The van der Waals surface area contributed by atoms with Gasteiger partial charge in [0, 0.05) is 35.9 Å². The van der Waals surface area contributed by atoms with E-state index in [0.29, 0.717) is 19.0 Å². The molecule has 0 radical (unpaired) electrons. The lowest BCUT2D eigenvalue weighted by Gasteiger charge is -2.30. The number of hydrogen-bond acceptors (Lipinski definition) is 5. The number of rotatable bonds is 4. The fourth-order valence-corrected chi connectivity index (χ4v) is 3.01. The Morgan fingerprint density at radius 3 is 2.80 bits per heavy atom. The van der Waals surface area contributed by atoms with Crippen LogP contribution in [0.5, 0.6) is 0 Å². The molecule has 1 aliphatic rings. The smallest absolute Gasteiger partial charge is 0.280 e. The minimum absolute atomic E-state index is 0.0336. The summed E-state index contributed by atoms with van der Waals surface area (Å²) in [6.45, 7) is 6.94. The lowest BCUT2D eigenvalue weighted by atomic mass is 10.2. The van der Waals surface area contributed by atoms with Gasteiger partial charge in [0.2, 0.25) is 0 Å². The second-order valence-electron chi connectivity index (χ2n) is 5.44. The number of ether oxygens (including phenoxy) is 1. The molecule has 8 heteroatoms. The number of likely N-dealkylation sites (N-methyl/N-ethyl adjacent to an activating group) is 1. The highest BCUT2D eigenvalue weighted by atomic mass is 35.7. The molecule has 0 saturated carbocycles. The lowest BCUT2D eigenvalue weighted by molar-refractivity contribution is -0.0279. The maximum Gasteiger partial charge on any atom is 0.280 e. The summed E-state index contributed by atoms with van der Waals surface area (Å²) >= 11 is 0. The van der Waals surface area contributed by atoms with Gasteiger partial charge in [-0.15, -0.1) is 0 Å². The molecular weight excluding hydrogens is 302 g/mol. The third-order valence-electron chi connectivity index (χ3n) is 3.29. The average molecular weight is 322 g/mol. The van der Waals surface area contributed by atoms with Gasteiger partial charge >= 0.3 is 0 Å². The number of nitrogens with zero attached hydrogens (tertiary/aromatic N) is 3. The Kier molecular flexibility index (Phi) is 4.73. The SMILES string of the molecule is CC(C)c1nc(S(=O)(=O)Cl)cn1CC1CN(C)CCO1. The van der Waals surface area contributed by atoms with Crippen molar-refractivity contribution in [1.82, 2.24) is 14.5 Å². The summed E-state index contributed by atoms with van der Waals surface area (Å²) in [5.41, 5.74) is 0. The molecule has 0 N–H and O–H groups in total. The van der Waals surface area contributed by atoms with Gasteiger partial charge in [-0.05, 0) is 7.05 Å². The van der Waals surface area contributed by atoms with E-state index in [1.54, 1.807) is 0 Å². The molecule has 1 unspecified atom stereocenters. The van der Waals surface area contributed by atoms with Crippen molar-refractivity contribution in [3.63, 3.8) is 0 Å². The Bertz CT molecular complexity index is 571. The average Bonchev–Trinajstić information content (AvgIpc) is 2.72. The molecule has 1 aliphatic heterocycles. The first-order valence-corrected chi connectivity index (χ1v) is 8.90. The second kappa shape index (κ2) is 6.01. The molecule has 1 saturated heterocycles. The molecule has 1 atom stereocenters. The first-order chi connectivity index (χ1) is 9.27. The van der Waals surface area contributed by atoms with Crippen LogP contribution >= 0.6 is 10.7 Å². The van der Waals surface area contributed by atoms with Gasteiger partial charge < -0.3 is 14.2 Å². The van der Waals surface area contributed by atoms with E-state index in [-0.39, 0.29) is 17.0 Å². The summed E-state index contributed by atoms with van der Waals surface area (Å²) in [6.07, 6.45) is 1.53. The number of morpholine rings is 1. The molecule has 0 spiro atoms. The largest absolute Gasteiger partial charge is 0.374 e. The molecule has 114 valence electrons. The predicted octanol–water partition coefficient (Wildman–Crippen LogP) is 1.26. The zero-order valence-electron chi connectivity index (χ0n) is 11.9. The monoisotopic (exact) mass is 321 g/mol. The molecule has 0 aliphatic carbocycles. The molecule has 6 nitrogen and oxygen atoms in total. The van der Waals surface area contributed by atoms with Crippen LogP contribution in [0.15, 0.2) is 11.2 Å². The molecule has 2 heterocycles. The van der Waals surface area contributed by atoms with E-state index >= 15 is 0 Å². The molecule has 1 fully saturated rings. The summed E-state index contributed by atoms with van der Waals surface area (Å²) in [7, 11) is 3.61. The van der Waals surface area contributed by atoms with Crippen LogP contribution in [-0.4, -0.2) is 55.7 Å². The van der Waals surface area contributed by atoms with Crippen LogP contribution in [0.2, 0.25) is 0 Å². The highest BCUT2D eigenvalue weighted by molar-refractivity contribution is 8.13. The molecule has 20 heavy (non-hydrogen) atoms. The van der Waals surface area contributed by atoms with E-state index in [2.05, 4.69) is 9.88 Å². The van der Waals surface area contributed by atoms with Crippen molar-refractivity contribution in [1.29, 1.82) is 0 Å². The van der Waals surface area contributed by atoms with Gasteiger partial charge in [0.05, 0.1) is 19.3 Å². The predicted molar refractivity (Wildman–Crippen MR) is 76.6 cm³/mol. The topological polar surface area (TPSA) is 64.4 Å². The van der Waals surface area contributed by atoms with Crippen LogP contribution < -0.4 is 0 Å². The lowest BCUT2D eigenvalue weighted by Crippen LogP contribution is -2.42. The Labute approximate surface area is 124 Å². The van der Waals surface area contributed by atoms with Crippen LogP contribution in [0.1, 0.15) is 25.6 Å². The van der Waals surface area contributed by atoms with Gasteiger partial charge in [0.1, 0.15) is 5.82 Å². The maximum atomic E-state index is 11.4. The fourth-order valence-electron chi connectivity index (χ4n) is 2.33. The molecule has 2 rings (SSSR count). The second-order valence-corrected chi connectivity index (χ2v) is 7.95. The van der Waals surface area contributed by atoms with Crippen molar-refractivity contribution in [3.8, 4) is 0 Å². The first kappa shape index (κ1) is 15.8. The van der Waals surface area contributed by atoms with Crippen molar-refractivity contribution < 1.29 is 13.2 Å².